The zero-order chi connectivity index (χ0) is 14.9. The quantitative estimate of drug-likeness (QED) is 0.490. The van der Waals surface area contributed by atoms with Gasteiger partial charge in [0.1, 0.15) is 5.65 Å². The van der Waals surface area contributed by atoms with E-state index in [0.717, 1.165) is 27.5 Å². The van der Waals surface area contributed by atoms with Gasteiger partial charge < -0.3 is 4.40 Å². The van der Waals surface area contributed by atoms with Gasteiger partial charge in [-0.15, -0.1) is 0 Å². The third-order valence-electron chi connectivity index (χ3n) is 3.72. The van der Waals surface area contributed by atoms with Gasteiger partial charge in [-0.25, -0.2) is 4.98 Å². The fraction of sp³-hybridized carbons (Fsp3) is 0. The van der Waals surface area contributed by atoms with E-state index in [1.807, 2.05) is 59.3 Å². The number of hydrogen-bond acceptors (Lipinski definition) is 1. The van der Waals surface area contributed by atoms with E-state index in [1.54, 1.807) is 0 Å². The number of fused-ring (bicyclic) bond motifs is 1. The second-order valence-corrected chi connectivity index (χ2v) is 5.61. The third kappa shape index (κ3) is 2.38. The molecule has 2 nitrogen and oxygen atoms in total. The second-order valence-electron chi connectivity index (χ2n) is 5.18. The van der Waals surface area contributed by atoms with Crippen LogP contribution in [-0.4, -0.2) is 9.38 Å². The van der Waals surface area contributed by atoms with Crippen molar-refractivity contribution in [2.45, 2.75) is 0 Å². The van der Waals surface area contributed by atoms with Crippen LogP contribution in [0.15, 0.2) is 79.1 Å². The second kappa shape index (κ2) is 5.32. The van der Waals surface area contributed by atoms with Crippen molar-refractivity contribution in [3.63, 3.8) is 0 Å². The number of rotatable bonds is 2. The van der Waals surface area contributed by atoms with Crippen LogP contribution in [0.4, 0.5) is 0 Å². The molecule has 22 heavy (non-hydrogen) atoms. The minimum atomic E-state index is 0.755. The van der Waals surface area contributed by atoms with Gasteiger partial charge in [0.15, 0.2) is 0 Å². The highest BCUT2D eigenvalue weighted by Crippen LogP contribution is 2.25. The lowest BCUT2D eigenvalue weighted by atomic mass is 10.0. The summed E-state index contributed by atoms with van der Waals surface area (Å²) < 4.78 is 2.03. The standard InChI is InChI=1S/C19H13ClN2/c20-17-10-8-15(9-11-17)14-4-6-16(7-5-14)18-13-22-12-2-1-3-19(22)21-18/h1-13H. The number of pyridine rings is 1. The zero-order valence-electron chi connectivity index (χ0n) is 11.8. The number of hydrogen-bond donors (Lipinski definition) is 0. The maximum atomic E-state index is 5.93. The summed E-state index contributed by atoms with van der Waals surface area (Å²) in [5.74, 6) is 0. The Morgan fingerprint density at radius 3 is 2.05 bits per heavy atom. The molecule has 0 saturated heterocycles. The summed E-state index contributed by atoms with van der Waals surface area (Å²) >= 11 is 5.93. The smallest absolute Gasteiger partial charge is 0.137 e. The van der Waals surface area contributed by atoms with E-state index >= 15 is 0 Å². The first-order valence-electron chi connectivity index (χ1n) is 7.10. The van der Waals surface area contributed by atoms with Crippen LogP contribution in [0, 0.1) is 0 Å². The Labute approximate surface area is 133 Å². The van der Waals surface area contributed by atoms with Gasteiger partial charge in [0.2, 0.25) is 0 Å². The summed E-state index contributed by atoms with van der Waals surface area (Å²) in [6.07, 6.45) is 4.06. The Morgan fingerprint density at radius 1 is 0.727 bits per heavy atom. The van der Waals surface area contributed by atoms with Crippen LogP contribution < -0.4 is 0 Å². The first-order chi connectivity index (χ1) is 10.8. The Bertz CT molecular complexity index is 889. The molecule has 0 saturated carbocycles. The number of nitrogens with zero attached hydrogens (tertiary/aromatic N) is 2. The largest absolute Gasteiger partial charge is 0.306 e. The van der Waals surface area contributed by atoms with Gasteiger partial charge in [0.05, 0.1) is 5.69 Å². The van der Waals surface area contributed by atoms with E-state index in [2.05, 4.69) is 29.2 Å². The molecule has 0 radical (unpaired) electrons. The van der Waals surface area contributed by atoms with Crippen LogP contribution in [0.5, 0.6) is 0 Å². The third-order valence-corrected chi connectivity index (χ3v) is 3.97. The van der Waals surface area contributed by atoms with Gasteiger partial charge in [0, 0.05) is 23.0 Å². The lowest BCUT2D eigenvalue weighted by Gasteiger charge is -2.03. The summed E-state index contributed by atoms with van der Waals surface area (Å²) in [6, 6.07) is 22.3. The predicted octanol–water partition coefficient (Wildman–Crippen LogP) is 5.32. The number of benzene rings is 2. The molecule has 2 aromatic heterocycles. The molecule has 4 aromatic rings. The lowest BCUT2D eigenvalue weighted by Crippen LogP contribution is -1.80. The average molecular weight is 305 g/mol. The summed E-state index contributed by atoms with van der Waals surface area (Å²) in [4.78, 5) is 4.64. The van der Waals surface area contributed by atoms with Gasteiger partial charge >= 0.3 is 0 Å². The summed E-state index contributed by atoms with van der Waals surface area (Å²) in [5.41, 5.74) is 5.38. The molecule has 2 heterocycles. The molecular weight excluding hydrogens is 292 g/mol. The molecule has 0 N–H and O–H groups in total. The maximum absolute atomic E-state index is 5.93. The fourth-order valence-electron chi connectivity index (χ4n) is 2.55. The Kier molecular flexibility index (Phi) is 3.17. The van der Waals surface area contributed by atoms with E-state index < -0.39 is 0 Å². The molecule has 0 aliphatic heterocycles. The molecule has 2 aromatic carbocycles. The van der Waals surface area contributed by atoms with Gasteiger partial charge in [-0.1, -0.05) is 54.1 Å². The average Bonchev–Trinajstić information content (AvgIpc) is 3.00. The van der Waals surface area contributed by atoms with Gasteiger partial charge in [-0.2, -0.15) is 0 Å². The van der Waals surface area contributed by atoms with E-state index in [9.17, 15) is 0 Å². The van der Waals surface area contributed by atoms with Crippen LogP contribution in [0.25, 0.3) is 28.0 Å². The van der Waals surface area contributed by atoms with Gasteiger partial charge in [0.25, 0.3) is 0 Å². The highest BCUT2D eigenvalue weighted by Gasteiger charge is 2.04. The van der Waals surface area contributed by atoms with E-state index in [1.165, 1.54) is 5.56 Å². The molecule has 0 bridgehead atoms. The van der Waals surface area contributed by atoms with Crippen molar-refractivity contribution in [1.82, 2.24) is 9.38 Å². The minimum absolute atomic E-state index is 0.755. The zero-order valence-corrected chi connectivity index (χ0v) is 12.5. The fourth-order valence-corrected chi connectivity index (χ4v) is 2.68. The van der Waals surface area contributed by atoms with Crippen LogP contribution in [0.2, 0.25) is 5.02 Å². The lowest BCUT2D eigenvalue weighted by molar-refractivity contribution is 1.19. The van der Waals surface area contributed by atoms with E-state index in [-0.39, 0.29) is 0 Å². The van der Waals surface area contributed by atoms with Crippen molar-refractivity contribution in [3.8, 4) is 22.4 Å². The highest BCUT2D eigenvalue weighted by atomic mass is 35.5. The summed E-state index contributed by atoms with van der Waals surface area (Å²) in [5, 5.41) is 0.755. The monoisotopic (exact) mass is 304 g/mol. The van der Waals surface area contributed by atoms with Crippen molar-refractivity contribution in [3.05, 3.63) is 84.1 Å². The van der Waals surface area contributed by atoms with Crippen molar-refractivity contribution in [2.24, 2.45) is 0 Å². The van der Waals surface area contributed by atoms with Gasteiger partial charge in [-0.3, -0.25) is 0 Å². The normalized spacial score (nSPS) is 11.0. The molecule has 0 aliphatic rings. The Balaban J connectivity index is 1.70. The van der Waals surface area contributed by atoms with Crippen molar-refractivity contribution >= 4 is 17.2 Å². The van der Waals surface area contributed by atoms with Gasteiger partial charge in [-0.05, 0) is 35.4 Å². The highest BCUT2D eigenvalue weighted by molar-refractivity contribution is 6.30. The molecule has 0 fully saturated rings. The summed E-state index contributed by atoms with van der Waals surface area (Å²) in [7, 11) is 0. The maximum Gasteiger partial charge on any atom is 0.137 e. The number of halogens is 1. The van der Waals surface area contributed by atoms with Crippen LogP contribution >= 0.6 is 11.6 Å². The molecule has 0 amide bonds. The van der Waals surface area contributed by atoms with Crippen molar-refractivity contribution in [1.29, 1.82) is 0 Å². The van der Waals surface area contributed by atoms with Crippen LogP contribution in [0.1, 0.15) is 0 Å². The number of aromatic nitrogens is 2. The molecule has 3 heteroatoms. The van der Waals surface area contributed by atoms with E-state index in [4.69, 9.17) is 11.6 Å². The minimum Gasteiger partial charge on any atom is -0.306 e. The van der Waals surface area contributed by atoms with Crippen molar-refractivity contribution < 1.29 is 0 Å². The molecule has 0 spiro atoms. The topological polar surface area (TPSA) is 17.3 Å². The first-order valence-corrected chi connectivity index (χ1v) is 7.47. The molecular formula is C19H13ClN2. The van der Waals surface area contributed by atoms with Crippen molar-refractivity contribution in [2.75, 3.05) is 0 Å². The van der Waals surface area contributed by atoms with Crippen LogP contribution in [-0.2, 0) is 0 Å². The molecule has 0 unspecified atom stereocenters. The van der Waals surface area contributed by atoms with Crippen LogP contribution in [0.3, 0.4) is 0 Å². The molecule has 0 atom stereocenters. The Morgan fingerprint density at radius 2 is 1.36 bits per heavy atom. The molecule has 106 valence electrons. The SMILES string of the molecule is Clc1ccc(-c2ccc(-c3cn4ccccc4n3)cc2)cc1. The first kappa shape index (κ1) is 13.1. The Hall–Kier alpha value is -2.58. The molecule has 4 rings (SSSR count). The van der Waals surface area contributed by atoms with E-state index in [0.29, 0.717) is 0 Å². The number of imidazole rings is 1. The summed E-state index contributed by atoms with van der Waals surface area (Å²) in [6.45, 7) is 0. The predicted molar refractivity (Wildman–Crippen MR) is 91.1 cm³/mol. The molecule has 0 aliphatic carbocycles.